The average Bonchev–Trinajstić information content (AvgIpc) is 3.00. The molecule has 4 aromatic rings. The van der Waals surface area contributed by atoms with Crippen molar-refractivity contribution in [2.75, 3.05) is 38.0 Å². The second-order valence-electron chi connectivity index (χ2n) is 9.00. The summed E-state index contributed by atoms with van der Waals surface area (Å²) in [6.45, 7) is -0.713. The van der Waals surface area contributed by atoms with Crippen LogP contribution in [-0.2, 0) is 9.59 Å². The van der Waals surface area contributed by atoms with E-state index in [1.807, 2.05) is 0 Å². The fourth-order valence-corrected chi connectivity index (χ4v) is 3.84. The molecule has 1 heterocycles. The van der Waals surface area contributed by atoms with Crippen LogP contribution in [0.25, 0.3) is 10.9 Å². The highest BCUT2D eigenvalue weighted by atomic mass is 19.1. The smallest absolute Gasteiger partial charge is 0.262 e. The number of fused-ring (bicyclic) bond motifs is 1. The first-order valence-electron chi connectivity index (χ1n) is 12.8. The van der Waals surface area contributed by atoms with Crippen molar-refractivity contribution < 1.29 is 42.8 Å². The molecule has 11 nitrogen and oxygen atoms in total. The highest BCUT2D eigenvalue weighted by Crippen LogP contribution is 2.37. The van der Waals surface area contributed by atoms with Gasteiger partial charge in [-0.05, 0) is 48.5 Å². The Hall–Kier alpha value is -5.27. The second-order valence-corrected chi connectivity index (χ2v) is 9.00. The van der Waals surface area contributed by atoms with E-state index < -0.39 is 41.7 Å². The molecule has 3 aromatic carbocycles. The number of pyridine rings is 1. The number of aliphatic hydroxyl groups is 2. The van der Waals surface area contributed by atoms with Crippen LogP contribution in [0.5, 0.6) is 23.0 Å². The molecule has 5 N–H and O–H groups in total. The minimum absolute atomic E-state index is 0.0108. The molecule has 0 saturated heterocycles. The molecule has 2 amide bonds. The maximum absolute atomic E-state index is 15.1. The average molecular weight is 595 g/mol. The van der Waals surface area contributed by atoms with Crippen molar-refractivity contribution in [2.24, 2.45) is 0 Å². The normalized spacial score (nSPS) is 11.9. The molecule has 0 radical (unpaired) electrons. The Morgan fingerprint density at radius 2 is 1.53 bits per heavy atom. The van der Waals surface area contributed by atoms with Crippen LogP contribution in [0.2, 0.25) is 0 Å². The number of hydrogen-bond acceptors (Lipinski definition) is 9. The van der Waals surface area contributed by atoms with Crippen LogP contribution in [-0.4, -0.2) is 60.5 Å². The third-order valence-corrected chi connectivity index (χ3v) is 6.02. The standard InChI is InChI=1S/C30H28F2N4O7/c1-41-27-12-21-24(13-28(27)42-2)34-10-9-25(21)43-26-8-7-19(11-23(26)32)36-30(40)22(15-33-14-20(38)16-37)29(39)35-18-5-3-17(31)4-6-18/h3-13,15,20,33,37-38H,14,16H2,1-2H3,(H,35,39)(H,36,40)/b22-15+/t20-/m0/s1. The van der Waals surface area contributed by atoms with E-state index in [0.717, 1.165) is 24.4 Å². The summed E-state index contributed by atoms with van der Waals surface area (Å²) in [5, 5.41) is 26.6. The van der Waals surface area contributed by atoms with Crippen molar-refractivity contribution in [2.45, 2.75) is 6.10 Å². The van der Waals surface area contributed by atoms with Gasteiger partial charge in [0.25, 0.3) is 11.8 Å². The number of halogens is 2. The Bertz CT molecular complexity index is 1650. The molecule has 43 heavy (non-hydrogen) atoms. The molecule has 0 spiro atoms. The molecular weight excluding hydrogens is 566 g/mol. The number of ether oxygens (including phenoxy) is 3. The predicted molar refractivity (Wildman–Crippen MR) is 154 cm³/mol. The maximum Gasteiger partial charge on any atom is 0.262 e. The number of rotatable bonds is 12. The lowest BCUT2D eigenvalue weighted by Gasteiger charge is -2.14. The van der Waals surface area contributed by atoms with Crippen LogP contribution < -0.4 is 30.2 Å². The third-order valence-electron chi connectivity index (χ3n) is 6.02. The number of aliphatic hydroxyl groups excluding tert-OH is 2. The van der Waals surface area contributed by atoms with E-state index >= 15 is 4.39 Å². The van der Waals surface area contributed by atoms with Crippen molar-refractivity contribution in [3.63, 3.8) is 0 Å². The SMILES string of the molecule is COc1cc2nccc(Oc3ccc(NC(=O)/C(=C/NC[C@H](O)CO)C(=O)Nc4ccc(F)cc4)cc3F)c2cc1OC. The fourth-order valence-electron chi connectivity index (χ4n) is 3.84. The van der Waals surface area contributed by atoms with Gasteiger partial charge in [0.05, 0.1) is 32.4 Å². The van der Waals surface area contributed by atoms with Gasteiger partial charge in [-0.25, -0.2) is 8.78 Å². The Kier molecular flexibility index (Phi) is 10.0. The van der Waals surface area contributed by atoms with Crippen LogP contribution in [0.1, 0.15) is 0 Å². The minimum Gasteiger partial charge on any atom is -0.493 e. The molecule has 0 aliphatic heterocycles. The number of amides is 2. The van der Waals surface area contributed by atoms with E-state index in [4.69, 9.17) is 19.3 Å². The summed E-state index contributed by atoms with van der Waals surface area (Å²) < 4.78 is 44.8. The Balaban J connectivity index is 1.53. The van der Waals surface area contributed by atoms with Gasteiger partial charge >= 0.3 is 0 Å². The topological polar surface area (TPSA) is 151 Å². The van der Waals surface area contributed by atoms with Crippen LogP contribution in [0.4, 0.5) is 20.2 Å². The number of hydrogen-bond donors (Lipinski definition) is 5. The molecule has 0 fully saturated rings. The number of nitrogens with one attached hydrogen (secondary N) is 3. The number of nitrogens with zero attached hydrogens (tertiary/aromatic N) is 1. The summed E-state index contributed by atoms with van der Waals surface area (Å²) in [5.41, 5.74) is 0.310. The van der Waals surface area contributed by atoms with Gasteiger partial charge in [0.15, 0.2) is 23.1 Å². The predicted octanol–water partition coefficient (Wildman–Crippen LogP) is 3.73. The number of methoxy groups -OCH3 is 2. The van der Waals surface area contributed by atoms with Gasteiger partial charge in [-0.15, -0.1) is 0 Å². The monoisotopic (exact) mass is 594 g/mol. The number of carbonyl (C=O) groups excluding carboxylic acids is 2. The molecule has 13 heteroatoms. The van der Waals surface area contributed by atoms with Gasteiger partial charge in [0.1, 0.15) is 17.1 Å². The first-order chi connectivity index (χ1) is 20.7. The fraction of sp³-hybridized carbons (Fsp3) is 0.167. The molecule has 0 unspecified atom stereocenters. The third kappa shape index (κ3) is 7.72. The summed E-state index contributed by atoms with van der Waals surface area (Å²) in [5.74, 6) is -2.08. The molecular formula is C30H28F2N4O7. The van der Waals surface area contributed by atoms with E-state index in [-0.39, 0.29) is 23.7 Å². The molecule has 0 bridgehead atoms. The Labute approximate surface area is 244 Å². The molecule has 1 aromatic heterocycles. The Morgan fingerprint density at radius 3 is 2.19 bits per heavy atom. The van der Waals surface area contributed by atoms with Crippen molar-refractivity contribution in [1.82, 2.24) is 10.3 Å². The molecule has 0 aliphatic carbocycles. The Morgan fingerprint density at radius 1 is 0.884 bits per heavy atom. The van der Waals surface area contributed by atoms with E-state index in [2.05, 4.69) is 20.9 Å². The molecule has 0 saturated carbocycles. The van der Waals surface area contributed by atoms with Gasteiger partial charge in [0, 0.05) is 47.8 Å². The molecule has 1 atom stereocenters. The van der Waals surface area contributed by atoms with E-state index in [1.54, 1.807) is 18.2 Å². The molecule has 4 rings (SSSR count). The first-order valence-corrected chi connectivity index (χ1v) is 12.8. The van der Waals surface area contributed by atoms with Crippen LogP contribution >= 0.6 is 0 Å². The van der Waals surface area contributed by atoms with Gasteiger partial charge in [-0.3, -0.25) is 14.6 Å². The number of benzene rings is 3. The van der Waals surface area contributed by atoms with Gasteiger partial charge in [-0.2, -0.15) is 0 Å². The summed E-state index contributed by atoms with van der Waals surface area (Å²) in [4.78, 5) is 30.2. The minimum atomic E-state index is -1.15. The van der Waals surface area contributed by atoms with Gasteiger partial charge in [0.2, 0.25) is 0 Å². The highest BCUT2D eigenvalue weighted by molar-refractivity contribution is 6.26. The van der Waals surface area contributed by atoms with Crippen molar-refractivity contribution in [3.8, 4) is 23.0 Å². The zero-order valence-corrected chi connectivity index (χ0v) is 23.1. The van der Waals surface area contributed by atoms with Gasteiger partial charge < -0.3 is 40.4 Å². The van der Waals surface area contributed by atoms with Gasteiger partial charge in [-0.1, -0.05) is 0 Å². The van der Waals surface area contributed by atoms with Crippen LogP contribution in [0, 0.1) is 11.6 Å². The lowest BCUT2D eigenvalue weighted by atomic mass is 10.1. The summed E-state index contributed by atoms with van der Waals surface area (Å²) >= 11 is 0. The van der Waals surface area contributed by atoms with Crippen LogP contribution in [0.3, 0.4) is 0 Å². The lowest BCUT2D eigenvalue weighted by molar-refractivity contribution is -0.118. The summed E-state index contributed by atoms with van der Waals surface area (Å²) in [6.07, 6.45) is 1.38. The van der Waals surface area contributed by atoms with Crippen molar-refractivity contribution in [1.29, 1.82) is 0 Å². The first kappa shape index (κ1) is 30.7. The zero-order chi connectivity index (χ0) is 30.9. The van der Waals surface area contributed by atoms with E-state index in [9.17, 15) is 19.1 Å². The maximum atomic E-state index is 15.1. The lowest BCUT2D eigenvalue weighted by Crippen LogP contribution is -2.30. The van der Waals surface area contributed by atoms with Crippen molar-refractivity contribution in [3.05, 3.63) is 90.3 Å². The second kappa shape index (κ2) is 14.1. The highest BCUT2D eigenvalue weighted by Gasteiger charge is 2.20. The number of anilines is 2. The number of carbonyl (C=O) groups is 2. The zero-order valence-electron chi connectivity index (χ0n) is 23.1. The van der Waals surface area contributed by atoms with E-state index in [1.165, 1.54) is 44.7 Å². The summed E-state index contributed by atoms with van der Waals surface area (Å²) in [6, 6.07) is 13.4. The number of aromatic nitrogens is 1. The van der Waals surface area contributed by atoms with Crippen LogP contribution in [0.15, 0.2) is 78.6 Å². The quantitative estimate of drug-likeness (QED) is 0.0939. The molecule has 0 aliphatic rings. The largest absolute Gasteiger partial charge is 0.493 e. The summed E-state index contributed by atoms with van der Waals surface area (Å²) in [7, 11) is 2.98. The van der Waals surface area contributed by atoms with E-state index in [0.29, 0.717) is 28.2 Å². The molecule has 224 valence electrons. The van der Waals surface area contributed by atoms with Crippen molar-refractivity contribution >= 4 is 34.1 Å².